The van der Waals surface area contributed by atoms with Gasteiger partial charge in [-0.1, -0.05) is 45.2 Å². The van der Waals surface area contributed by atoms with Crippen molar-refractivity contribution in [1.82, 2.24) is 0 Å². The molecule has 0 fully saturated rings. The number of halogens is 9. The quantitative estimate of drug-likeness (QED) is 0.319. The third-order valence-corrected chi connectivity index (χ3v) is 4.90. The molecule has 0 amide bonds. The molecule has 0 atom stereocenters. The Hall–Kier alpha value is -1.64. The van der Waals surface area contributed by atoms with Crippen molar-refractivity contribution in [2.45, 2.75) is 12.4 Å². The fourth-order valence-electron chi connectivity index (χ4n) is 2.61. The first-order valence-corrected chi connectivity index (χ1v) is 8.96. The number of rotatable bonds is 2. The van der Waals surface area contributed by atoms with Crippen LogP contribution in [0.15, 0.2) is 45.3 Å². The molecule has 0 aliphatic heterocycles. The van der Waals surface area contributed by atoms with Gasteiger partial charge in [-0.2, -0.15) is 26.3 Å². The summed E-state index contributed by atoms with van der Waals surface area (Å²) in [4.78, 5) is 0. The molecule has 1 aromatic heterocycles. The minimum atomic E-state index is -5.15. The molecule has 3 rings (SSSR count). The molecule has 148 valence electrons. The summed E-state index contributed by atoms with van der Waals surface area (Å²) in [6, 6.07) is 7.19. The van der Waals surface area contributed by atoms with E-state index in [4.69, 9.17) is 27.6 Å². The van der Waals surface area contributed by atoms with E-state index in [-0.39, 0.29) is 25.5 Å². The normalized spacial score (nSPS) is 13.4. The Balaban J connectivity index is 2.38. The molecule has 1 nitrogen and oxygen atoms in total. The topological polar surface area (TPSA) is 13.1 Å². The summed E-state index contributed by atoms with van der Waals surface area (Å²) in [5.74, 6) is -1.75. The van der Waals surface area contributed by atoms with Gasteiger partial charge in [-0.15, -0.1) is 0 Å². The molecule has 0 saturated carbocycles. The SMILES string of the molecule is FC(F)(F)/C(=C/c1ccc(Cl)cc1Br)c1c(C(F)(F)F)oc2cc(Cl)ccc12. The summed E-state index contributed by atoms with van der Waals surface area (Å²) in [6.45, 7) is 0. The van der Waals surface area contributed by atoms with E-state index in [1.54, 1.807) is 0 Å². The molecular weight excluding hydrogens is 497 g/mol. The number of benzene rings is 2. The zero-order valence-electron chi connectivity index (χ0n) is 13.4. The van der Waals surface area contributed by atoms with Crippen molar-refractivity contribution in [1.29, 1.82) is 0 Å². The Labute approximate surface area is 172 Å². The van der Waals surface area contributed by atoms with Crippen LogP contribution in [0.3, 0.4) is 0 Å². The van der Waals surface area contributed by atoms with E-state index in [1.165, 1.54) is 24.3 Å². The van der Waals surface area contributed by atoms with Crippen LogP contribution in [0, 0.1) is 0 Å². The van der Waals surface area contributed by atoms with Crippen molar-refractivity contribution < 1.29 is 30.8 Å². The van der Waals surface area contributed by atoms with Crippen molar-refractivity contribution in [3.8, 4) is 0 Å². The van der Waals surface area contributed by atoms with Crippen LogP contribution >= 0.6 is 39.1 Å². The Morgan fingerprint density at radius 1 is 0.929 bits per heavy atom. The van der Waals surface area contributed by atoms with E-state index in [2.05, 4.69) is 15.9 Å². The molecule has 10 heteroatoms. The van der Waals surface area contributed by atoms with E-state index in [0.29, 0.717) is 6.08 Å². The highest BCUT2D eigenvalue weighted by Crippen LogP contribution is 2.47. The van der Waals surface area contributed by atoms with E-state index >= 15 is 0 Å². The largest absolute Gasteiger partial charge is 0.451 e. The molecular formula is C18H7BrCl2F6O. The summed E-state index contributed by atoms with van der Waals surface area (Å²) in [5.41, 5.74) is -3.02. The van der Waals surface area contributed by atoms with Gasteiger partial charge in [-0.3, -0.25) is 0 Å². The number of furan rings is 1. The third kappa shape index (κ3) is 4.18. The highest BCUT2D eigenvalue weighted by molar-refractivity contribution is 9.10. The first-order valence-electron chi connectivity index (χ1n) is 7.41. The smallest absolute Gasteiger partial charge is 0.450 e. The number of hydrogen-bond acceptors (Lipinski definition) is 1. The summed E-state index contributed by atoms with van der Waals surface area (Å²) in [5, 5.41) is -0.0816. The van der Waals surface area contributed by atoms with E-state index in [9.17, 15) is 26.3 Å². The average Bonchev–Trinajstić information content (AvgIpc) is 2.91. The van der Waals surface area contributed by atoms with Crippen molar-refractivity contribution in [2.75, 3.05) is 0 Å². The zero-order chi connectivity index (χ0) is 20.9. The van der Waals surface area contributed by atoms with Crippen molar-refractivity contribution in [3.63, 3.8) is 0 Å². The average molecular weight is 504 g/mol. The van der Waals surface area contributed by atoms with Crippen LogP contribution in [-0.2, 0) is 6.18 Å². The van der Waals surface area contributed by atoms with E-state index in [1.807, 2.05) is 0 Å². The fraction of sp³-hybridized carbons (Fsp3) is 0.111. The lowest BCUT2D eigenvalue weighted by atomic mass is 9.98. The van der Waals surface area contributed by atoms with Crippen molar-refractivity contribution >= 4 is 61.8 Å². The van der Waals surface area contributed by atoms with Gasteiger partial charge in [0.25, 0.3) is 0 Å². The zero-order valence-corrected chi connectivity index (χ0v) is 16.4. The third-order valence-electron chi connectivity index (χ3n) is 3.75. The molecule has 0 bridgehead atoms. The maximum atomic E-state index is 13.8. The van der Waals surface area contributed by atoms with E-state index in [0.717, 1.165) is 12.1 Å². The van der Waals surface area contributed by atoms with E-state index < -0.39 is 34.8 Å². The molecule has 3 aromatic rings. The summed E-state index contributed by atoms with van der Waals surface area (Å²) >= 11 is 14.6. The van der Waals surface area contributed by atoms with Crippen LogP contribution in [0.1, 0.15) is 16.9 Å². The van der Waals surface area contributed by atoms with Crippen LogP contribution in [0.2, 0.25) is 10.0 Å². The first-order chi connectivity index (χ1) is 12.9. The lowest BCUT2D eigenvalue weighted by Gasteiger charge is -2.14. The Morgan fingerprint density at radius 3 is 2.11 bits per heavy atom. The van der Waals surface area contributed by atoms with Gasteiger partial charge < -0.3 is 4.42 Å². The number of hydrogen-bond donors (Lipinski definition) is 0. The standard InChI is InChI=1S/C18H7BrCl2F6O/c19-13-6-9(20)2-1-8(13)5-12(17(22,23)24)15-11-4-3-10(21)7-14(11)28-16(15)18(25,26)27/h1-7H/b12-5+. The van der Waals surface area contributed by atoms with Gasteiger partial charge in [0.2, 0.25) is 5.76 Å². The Bertz CT molecular complexity index is 1080. The molecule has 2 aromatic carbocycles. The Morgan fingerprint density at radius 2 is 1.54 bits per heavy atom. The molecule has 0 N–H and O–H groups in total. The second-order valence-corrected chi connectivity index (χ2v) is 7.39. The van der Waals surface area contributed by atoms with Crippen molar-refractivity contribution in [2.24, 2.45) is 0 Å². The lowest BCUT2D eigenvalue weighted by molar-refractivity contribution is -0.152. The molecule has 0 aliphatic rings. The van der Waals surface area contributed by atoms with Gasteiger partial charge in [0, 0.05) is 31.5 Å². The number of alkyl halides is 6. The van der Waals surface area contributed by atoms with Gasteiger partial charge in [0.15, 0.2) is 0 Å². The van der Waals surface area contributed by atoms with Gasteiger partial charge in [-0.25, -0.2) is 0 Å². The molecule has 28 heavy (non-hydrogen) atoms. The minimum absolute atomic E-state index is 0.00633. The molecule has 0 unspecified atom stereocenters. The second kappa shape index (κ2) is 7.31. The number of fused-ring (bicyclic) bond motifs is 1. The second-order valence-electron chi connectivity index (χ2n) is 5.67. The van der Waals surface area contributed by atoms with Gasteiger partial charge in [-0.05, 0) is 35.9 Å². The molecule has 0 aliphatic carbocycles. The first kappa shape index (κ1) is 21.1. The predicted molar refractivity (Wildman–Crippen MR) is 99.3 cm³/mol. The predicted octanol–water partition coefficient (Wildman–Crippen LogP) is 8.62. The summed E-state index contributed by atoms with van der Waals surface area (Å²) in [7, 11) is 0. The van der Waals surface area contributed by atoms with Crippen LogP contribution in [0.5, 0.6) is 0 Å². The highest BCUT2D eigenvalue weighted by atomic mass is 79.9. The monoisotopic (exact) mass is 502 g/mol. The lowest BCUT2D eigenvalue weighted by Crippen LogP contribution is -2.15. The molecule has 0 saturated heterocycles. The highest BCUT2D eigenvalue weighted by Gasteiger charge is 2.46. The number of allylic oxidation sites excluding steroid dienone is 1. The molecule has 0 radical (unpaired) electrons. The van der Waals surface area contributed by atoms with Crippen LogP contribution in [0.4, 0.5) is 26.3 Å². The van der Waals surface area contributed by atoms with Gasteiger partial charge in [0.1, 0.15) is 5.58 Å². The molecule has 1 heterocycles. The maximum Gasteiger partial charge on any atom is 0.450 e. The minimum Gasteiger partial charge on any atom is -0.451 e. The van der Waals surface area contributed by atoms with Crippen LogP contribution in [0.25, 0.3) is 22.6 Å². The summed E-state index contributed by atoms with van der Waals surface area (Å²) in [6.07, 6.45) is -9.65. The van der Waals surface area contributed by atoms with Crippen molar-refractivity contribution in [3.05, 3.63) is 67.8 Å². The van der Waals surface area contributed by atoms with Crippen LogP contribution in [-0.4, -0.2) is 6.18 Å². The fourth-order valence-corrected chi connectivity index (χ4v) is 3.57. The Kier molecular flexibility index (Phi) is 5.51. The van der Waals surface area contributed by atoms with Gasteiger partial charge >= 0.3 is 12.4 Å². The molecule has 0 spiro atoms. The summed E-state index contributed by atoms with van der Waals surface area (Å²) < 4.78 is 86.7. The maximum absolute atomic E-state index is 13.8. The van der Waals surface area contributed by atoms with Crippen LogP contribution < -0.4 is 0 Å². The van der Waals surface area contributed by atoms with Gasteiger partial charge in [0.05, 0.1) is 5.57 Å².